The van der Waals surface area contributed by atoms with Crippen LogP contribution in [-0.4, -0.2) is 73.0 Å². The summed E-state index contributed by atoms with van der Waals surface area (Å²) in [7, 11) is 1.54. The second kappa shape index (κ2) is 20.2. The molecular weight excluding hydrogens is 632 g/mol. The van der Waals surface area contributed by atoms with Crippen LogP contribution in [0.15, 0.2) is 49.1 Å². The lowest BCUT2D eigenvalue weighted by Crippen LogP contribution is -2.49. The Morgan fingerprint density at radius 3 is 2.04 bits per heavy atom. The lowest BCUT2D eigenvalue weighted by molar-refractivity contribution is -0.173. The number of ether oxygens (including phenoxy) is 5. The number of amides is 2. The molecule has 0 heterocycles. The van der Waals surface area contributed by atoms with E-state index in [9.17, 15) is 24.0 Å². The first-order chi connectivity index (χ1) is 22.7. The molecule has 0 aliphatic rings. The number of methoxy groups -OCH3 is 1. The molecule has 0 aliphatic heterocycles. The normalized spacial score (nSPS) is 14.2. The molecule has 0 spiro atoms. The quantitative estimate of drug-likeness (QED) is 0.0860. The smallest absolute Gasteiger partial charge is 0.408 e. The van der Waals surface area contributed by atoms with Crippen LogP contribution in [0, 0.1) is 11.8 Å². The fourth-order valence-corrected chi connectivity index (χ4v) is 4.29. The van der Waals surface area contributed by atoms with Crippen molar-refractivity contribution in [1.82, 2.24) is 10.6 Å². The number of hydrogen-bond acceptors (Lipinski definition) is 10. The van der Waals surface area contributed by atoms with Crippen LogP contribution in [0.25, 0.3) is 0 Å². The zero-order chi connectivity index (χ0) is 37.4. The third-order valence-electron chi connectivity index (χ3n) is 6.71. The largest absolute Gasteiger partial charge is 0.497 e. The highest BCUT2D eigenvalue weighted by Crippen LogP contribution is 2.19. The SMILES string of the molecule is C=C[C@@H](C)[C@H](C/C=C/C(=O)OC(C)(C)C)OC(=O)[C@H](CC(C)C)OC(=O)CCNC(=O)[C@@H](Cc1ccc(OC)cc1)NC(=O)OC(C)(C)C. The van der Waals surface area contributed by atoms with E-state index in [1.54, 1.807) is 85.1 Å². The highest BCUT2D eigenvalue weighted by atomic mass is 16.6. The van der Waals surface area contributed by atoms with Gasteiger partial charge in [-0.3, -0.25) is 9.59 Å². The van der Waals surface area contributed by atoms with Crippen molar-refractivity contribution in [2.75, 3.05) is 13.7 Å². The zero-order valence-corrected chi connectivity index (χ0v) is 30.8. The lowest BCUT2D eigenvalue weighted by Gasteiger charge is -2.25. The van der Waals surface area contributed by atoms with Gasteiger partial charge in [-0.1, -0.05) is 45.1 Å². The van der Waals surface area contributed by atoms with E-state index >= 15 is 0 Å². The number of alkyl carbamates (subject to hydrolysis) is 1. The lowest BCUT2D eigenvalue weighted by atomic mass is 10.0. The first-order valence-corrected chi connectivity index (χ1v) is 16.5. The Kier molecular flexibility index (Phi) is 17.6. The van der Waals surface area contributed by atoms with E-state index in [1.165, 1.54) is 6.08 Å². The van der Waals surface area contributed by atoms with Crippen LogP contribution in [0.4, 0.5) is 4.79 Å². The van der Waals surface area contributed by atoms with Crippen molar-refractivity contribution >= 4 is 29.9 Å². The van der Waals surface area contributed by atoms with Gasteiger partial charge in [0.1, 0.15) is 29.1 Å². The predicted octanol–water partition coefficient (Wildman–Crippen LogP) is 5.62. The van der Waals surface area contributed by atoms with Gasteiger partial charge in [-0.15, -0.1) is 6.58 Å². The highest BCUT2D eigenvalue weighted by Gasteiger charge is 2.30. The molecule has 0 saturated carbocycles. The molecule has 12 heteroatoms. The minimum absolute atomic E-state index is 0.00923. The van der Waals surface area contributed by atoms with Gasteiger partial charge in [0.05, 0.1) is 13.5 Å². The van der Waals surface area contributed by atoms with Crippen molar-refractivity contribution in [3.05, 3.63) is 54.6 Å². The van der Waals surface area contributed by atoms with Gasteiger partial charge >= 0.3 is 24.0 Å². The third kappa shape index (κ3) is 18.7. The van der Waals surface area contributed by atoms with E-state index in [4.69, 9.17) is 23.7 Å². The number of rotatable bonds is 18. The molecule has 274 valence electrons. The fourth-order valence-electron chi connectivity index (χ4n) is 4.29. The van der Waals surface area contributed by atoms with Gasteiger partial charge in [0.2, 0.25) is 5.91 Å². The summed E-state index contributed by atoms with van der Waals surface area (Å²) in [6.07, 6.45) is 2.20. The zero-order valence-electron chi connectivity index (χ0n) is 30.8. The van der Waals surface area contributed by atoms with E-state index in [0.717, 1.165) is 5.56 Å². The van der Waals surface area contributed by atoms with E-state index in [2.05, 4.69) is 17.2 Å². The first kappa shape index (κ1) is 42.7. The maximum Gasteiger partial charge on any atom is 0.408 e. The van der Waals surface area contributed by atoms with Gasteiger partial charge in [0.25, 0.3) is 0 Å². The van der Waals surface area contributed by atoms with Crippen LogP contribution in [0.2, 0.25) is 0 Å². The minimum atomic E-state index is -1.19. The second-order valence-corrected chi connectivity index (χ2v) is 14.1. The number of nitrogens with one attached hydrogen (secondary N) is 2. The summed E-state index contributed by atoms with van der Waals surface area (Å²) in [4.78, 5) is 63.8. The van der Waals surface area contributed by atoms with Crippen LogP contribution in [0.3, 0.4) is 0 Å². The second-order valence-electron chi connectivity index (χ2n) is 14.1. The van der Waals surface area contributed by atoms with Gasteiger partial charge < -0.3 is 34.3 Å². The average molecular weight is 689 g/mol. The molecule has 0 aromatic heterocycles. The first-order valence-electron chi connectivity index (χ1n) is 16.5. The Balaban J connectivity index is 2.90. The van der Waals surface area contributed by atoms with Crippen molar-refractivity contribution in [3.63, 3.8) is 0 Å². The molecule has 0 fully saturated rings. The van der Waals surface area contributed by atoms with Gasteiger partial charge in [0, 0.05) is 31.4 Å². The third-order valence-corrected chi connectivity index (χ3v) is 6.71. The van der Waals surface area contributed by atoms with Gasteiger partial charge in [-0.05, 0) is 71.6 Å². The molecule has 0 saturated heterocycles. The predicted molar refractivity (Wildman–Crippen MR) is 186 cm³/mol. The number of esters is 3. The molecule has 1 rings (SSSR count). The van der Waals surface area contributed by atoms with Crippen LogP contribution < -0.4 is 15.4 Å². The molecule has 49 heavy (non-hydrogen) atoms. The molecule has 1 aromatic rings. The molecular formula is C37H56N2O10. The van der Waals surface area contributed by atoms with E-state index in [-0.39, 0.29) is 44.1 Å². The molecule has 0 bridgehead atoms. The molecule has 2 amide bonds. The standard InChI is InChI=1S/C37H56N2O10/c1-12-25(4)29(14-13-15-32(41)48-36(5,6)7)47-34(43)30(22-24(2)3)46-31(40)20-21-38-33(42)28(39-35(44)49-37(8,9)10)23-26-16-18-27(45-11)19-17-26/h12-13,15-19,24-25,28-30H,1,14,20-23H2,2-11H3,(H,38,42)(H,39,44)/b15-13+/t25-,28-,29+,30+/m1/s1. The Morgan fingerprint density at radius 2 is 1.51 bits per heavy atom. The topological polar surface area (TPSA) is 156 Å². The van der Waals surface area contributed by atoms with Crippen molar-refractivity contribution in [1.29, 1.82) is 0 Å². The molecule has 0 unspecified atom stereocenters. The van der Waals surface area contributed by atoms with Gasteiger partial charge in [-0.2, -0.15) is 0 Å². The van der Waals surface area contributed by atoms with Crippen molar-refractivity contribution in [2.24, 2.45) is 11.8 Å². The molecule has 12 nitrogen and oxygen atoms in total. The summed E-state index contributed by atoms with van der Waals surface area (Å²) in [5.74, 6) is -2.13. The summed E-state index contributed by atoms with van der Waals surface area (Å²) in [5, 5.41) is 5.26. The van der Waals surface area contributed by atoms with Crippen molar-refractivity contribution in [2.45, 2.75) is 117 Å². The summed E-state index contributed by atoms with van der Waals surface area (Å²) in [6, 6.07) is 6.04. The molecule has 4 atom stereocenters. The van der Waals surface area contributed by atoms with E-state index < -0.39 is 59.4 Å². The highest BCUT2D eigenvalue weighted by molar-refractivity contribution is 5.86. The number of carbonyl (C=O) groups is 5. The number of hydrogen-bond donors (Lipinski definition) is 2. The minimum Gasteiger partial charge on any atom is -0.497 e. The van der Waals surface area contributed by atoms with Crippen LogP contribution in [0.5, 0.6) is 5.75 Å². The summed E-state index contributed by atoms with van der Waals surface area (Å²) < 4.78 is 27.1. The van der Waals surface area contributed by atoms with Gasteiger partial charge in [0.15, 0.2) is 6.10 Å². The summed E-state index contributed by atoms with van der Waals surface area (Å²) >= 11 is 0. The van der Waals surface area contributed by atoms with Crippen LogP contribution >= 0.6 is 0 Å². The molecule has 2 N–H and O–H groups in total. The molecule has 0 aliphatic carbocycles. The summed E-state index contributed by atoms with van der Waals surface area (Å²) in [5.41, 5.74) is -0.659. The molecule has 1 aromatic carbocycles. The maximum absolute atomic E-state index is 13.2. The monoisotopic (exact) mass is 688 g/mol. The van der Waals surface area contributed by atoms with E-state index in [1.807, 2.05) is 20.8 Å². The van der Waals surface area contributed by atoms with Crippen LogP contribution in [0.1, 0.15) is 87.1 Å². The Morgan fingerprint density at radius 1 is 0.898 bits per heavy atom. The van der Waals surface area contributed by atoms with Gasteiger partial charge in [-0.25, -0.2) is 14.4 Å². The maximum atomic E-state index is 13.2. The Labute approximate surface area is 291 Å². The number of benzene rings is 1. The van der Waals surface area contributed by atoms with Crippen LogP contribution in [-0.2, 0) is 44.5 Å². The average Bonchev–Trinajstić information content (AvgIpc) is 2.97. The van der Waals surface area contributed by atoms with Crippen molar-refractivity contribution < 1.29 is 47.7 Å². The Hall–Kier alpha value is -4.35. The van der Waals surface area contributed by atoms with Crippen molar-refractivity contribution in [3.8, 4) is 5.75 Å². The molecule has 0 radical (unpaired) electrons. The van der Waals surface area contributed by atoms with E-state index in [0.29, 0.717) is 5.75 Å². The fraction of sp³-hybridized carbons (Fsp3) is 0.595. The summed E-state index contributed by atoms with van der Waals surface area (Å²) in [6.45, 7) is 19.7. The Bertz CT molecular complexity index is 1280. The number of carbonyl (C=O) groups excluding carboxylic acids is 5.